The number of rotatable bonds is 3. The van der Waals surface area contributed by atoms with Crippen LogP contribution < -0.4 is 14.2 Å². The molecule has 1 aromatic rings. The number of hydrogen-bond donors (Lipinski definition) is 0. The summed E-state index contributed by atoms with van der Waals surface area (Å²) in [5, 5.41) is 0. The average molecular weight is 264 g/mol. The molecule has 5 heteroatoms. The van der Waals surface area contributed by atoms with Gasteiger partial charge in [0.15, 0.2) is 11.5 Å². The Morgan fingerprint density at radius 1 is 1.16 bits per heavy atom. The first-order valence-corrected chi connectivity index (χ1v) is 6.63. The van der Waals surface area contributed by atoms with E-state index in [2.05, 4.69) is 22.9 Å². The molecule has 0 amide bonds. The third kappa shape index (κ3) is 2.62. The molecule has 2 aliphatic heterocycles. The summed E-state index contributed by atoms with van der Waals surface area (Å²) in [6, 6.07) is 4.11. The molecule has 0 unspecified atom stereocenters. The van der Waals surface area contributed by atoms with Gasteiger partial charge in [0.25, 0.3) is 0 Å². The van der Waals surface area contributed by atoms with E-state index in [0.29, 0.717) is 0 Å². The van der Waals surface area contributed by atoms with Gasteiger partial charge in [0.2, 0.25) is 12.5 Å². The maximum atomic E-state index is 5.46. The Bertz CT molecular complexity index is 456. The zero-order valence-corrected chi connectivity index (χ0v) is 11.5. The van der Waals surface area contributed by atoms with E-state index in [9.17, 15) is 0 Å². The van der Waals surface area contributed by atoms with Crippen molar-refractivity contribution in [1.82, 2.24) is 9.80 Å². The average Bonchev–Trinajstić information content (AvgIpc) is 2.89. The van der Waals surface area contributed by atoms with Gasteiger partial charge >= 0.3 is 0 Å². The van der Waals surface area contributed by atoms with Gasteiger partial charge in [-0.2, -0.15) is 0 Å². The highest BCUT2D eigenvalue weighted by atomic mass is 16.7. The third-order valence-corrected chi connectivity index (χ3v) is 3.72. The van der Waals surface area contributed by atoms with E-state index in [4.69, 9.17) is 14.2 Å². The van der Waals surface area contributed by atoms with Crippen molar-refractivity contribution in [3.05, 3.63) is 17.7 Å². The smallest absolute Gasteiger partial charge is 0.231 e. The highest BCUT2D eigenvalue weighted by Crippen LogP contribution is 2.42. The molecule has 0 bridgehead atoms. The lowest BCUT2D eigenvalue weighted by atomic mass is 10.1. The lowest BCUT2D eigenvalue weighted by molar-refractivity contribution is 0.148. The van der Waals surface area contributed by atoms with Crippen molar-refractivity contribution >= 4 is 0 Å². The highest BCUT2D eigenvalue weighted by molar-refractivity contribution is 5.55. The lowest BCUT2D eigenvalue weighted by Gasteiger charge is -2.32. The lowest BCUT2D eigenvalue weighted by Crippen LogP contribution is -2.43. The van der Waals surface area contributed by atoms with E-state index in [1.807, 2.05) is 6.07 Å². The molecule has 5 nitrogen and oxygen atoms in total. The minimum Gasteiger partial charge on any atom is -0.493 e. The van der Waals surface area contributed by atoms with E-state index < -0.39 is 0 Å². The predicted molar refractivity (Wildman–Crippen MR) is 71.9 cm³/mol. The molecular formula is C14H20N2O3. The first-order valence-electron chi connectivity index (χ1n) is 6.63. The van der Waals surface area contributed by atoms with Crippen LogP contribution in [0.15, 0.2) is 12.1 Å². The van der Waals surface area contributed by atoms with Crippen LogP contribution in [-0.2, 0) is 6.54 Å². The molecule has 2 aliphatic rings. The first kappa shape index (κ1) is 12.6. The van der Waals surface area contributed by atoms with Crippen molar-refractivity contribution in [2.75, 3.05) is 47.1 Å². The molecule has 0 aromatic heterocycles. The molecular weight excluding hydrogens is 244 g/mol. The number of nitrogens with zero attached hydrogens (tertiary/aromatic N) is 2. The first-order chi connectivity index (χ1) is 9.26. The van der Waals surface area contributed by atoms with Gasteiger partial charge in [-0.05, 0) is 24.7 Å². The number of benzene rings is 1. The quantitative estimate of drug-likeness (QED) is 0.818. The molecule has 0 aliphatic carbocycles. The fourth-order valence-corrected chi connectivity index (χ4v) is 2.54. The van der Waals surface area contributed by atoms with Crippen LogP contribution in [0.2, 0.25) is 0 Å². The highest BCUT2D eigenvalue weighted by Gasteiger charge is 2.21. The topological polar surface area (TPSA) is 34.2 Å². The van der Waals surface area contributed by atoms with Crippen LogP contribution in [0.25, 0.3) is 0 Å². The van der Waals surface area contributed by atoms with E-state index in [1.165, 1.54) is 5.56 Å². The molecule has 3 rings (SSSR count). The van der Waals surface area contributed by atoms with Crippen molar-refractivity contribution in [3.63, 3.8) is 0 Å². The number of hydrogen-bond acceptors (Lipinski definition) is 5. The second kappa shape index (κ2) is 5.27. The fourth-order valence-electron chi connectivity index (χ4n) is 2.54. The number of piperazine rings is 1. The standard InChI is InChI=1S/C14H20N2O3/c1-15-3-5-16(6-4-15)9-11-7-12(17-2)14-13(8-11)18-10-19-14/h7-8H,3-6,9-10H2,1-2H3. The SMILES string of the molecule is COc1cc(CN2CCN(C)CC2)cc2c1OCO2. The van der Waals surface area contributed by atoms with Crippen LogP contribution >= 0.6 is 0 Å². The molecule has 0 spiro atoms. The molecule has 0 saturated carbocycles. The maximum absolute atomic E-state index is 5.46. The van der Waals surface area contributed by atoms with Crippen molar-refractivity contribution in [2.45, 2.75) is 6.54 Å². The Balaban J connectivity index is 1.74. The van der Waals surface area contributed by atoms with Crippen LogP contribution in [0, 0.1) is 0 Å². The summed E-state index contributed by atoms with van der Waals surface area (Å²) in [5.74, 6) is 2.28. The second-order valence-electron chi connectivity index (χ2n) is 5.11. The summed E-state index contributed by atoms with van der Waals surface area (Å²) in [4.78, 5) is 4.81. The molecule has 0 atom stereocenters. The van der Waals surface area contributed by atoms with Crippen molar-refractivity contribution in [3.8, 4) is 17.2 Å². The molecule has 0 radical (unpaired) electrons. The third-order valence-electron chi connectivity index (χ3n) is 3.72. The minimum absolute atomic E-state index is 0.281. The zero-order valence-electron chi connectivity index (χ0n) is 11.5. The van der Waals surface area contributed by atoms with Gasteiger partial charge in [-0.15, -0.1) is 0 Å². The Kier molecular flexibility index (Phi) is 3.48. The summed E-state index contributed by atoms with van der Waals surface area (Å²) >= 11 is 0. The van der Waals surface area contributed by atoms with Gasteiger partial charge in [-0.3, -0.25) is 4.90 Å². The van der Waals surface area contributed by atoms with Crippen LogP contribution in [0.1, 0.15) is 5.56 Å². The minimum atomic E-state index is 0.281. The summed E-state index contributed by atoms with van der Waals surface area (Å²) in [6.07, 6.45) is 0. The molecule has 1 saturated heterocycles. The number of likely N-dealkylation sites (N-methyl/N-ethyl adjacent to an activating group) is 1. The maximum Gasteiger partial charge on any atom is 0.231 e. The van der Waals surface area contributed by atoms with Crippen molar-refractivity contribution in [1.29, 1.82) is 0 Å². The van der Waals surface area contributed by atoms with Gasteiger partial charge in [0, 0.05) is 32.7 Å². The zero-order chi connectivity index (χ0) is 13.2. The van der Waals surface area contributed by atoms with E-state index in [1.54, 1.807) is 7.11 Å². The van der Waals surface area contributed by atoms with Crippen LogP contribution in [0.4, 0.5) is 0 Å². The number of methoxy groups -OCH3 is 1. The summed E-state index contributed by atoms with van der Waals surface area (Å²) in [6.45, 7) is 5.67. The Hall–Kier alpha value is -1.46. The molecule has 104 valence electrons. The summed E-state index contributed by atoms with van der Waals surface area (Å²) < 4.78 is 16.2. The predicted octanol–water partition coefficient (Wildman–Crippen LogP) is 1.17. The summed E-state index contributed by atoms with van der Waals surface area (Å²) in [5.41, 5.74) is 1.21. The van der Waals surface area contributed by atoms with Crippen molar-refractivity contribution < 1.29 is 14.2 Å². The van der Waals surface area contributed by atoms with Gasteiger partial charge in [0.1, 0.15) is 0 Å². The van der Waals surface area contributed by atoms with E-state index >= 15 is 0 Å². The normalized spacial score (nSPS) is 19.7. The monoisotopic (exact) mass is 264 g/mol. The van der Waals surface area contributed by atoms with Gasteiger partial charge in [-0.25, -0.2) is 0 Å². The summed E-state index contributed by atoms with van der Waals surface area (Å²) in [7, 11) is 3.83. The van der Waals surface area contributed by atoms with E-state index in [-0.39, 0.29) is 6.79 Å². The Morgan fingerprint density at radius 3 is 2.68 bits per heavy atom. The Labute approximate surface area is 113 Å². The van der Waals surface area contributed by atoms with Gasteiger partial charge < -0.3 is 19.1 Å². The second-order valence-corrected chi connectivity index (χ2v) is 5.11. The van der Waals surface area contributed by atoms with Crippen molar-refractivity contribution in [2.24, 2.45) is 0 Å². The molecule has 19 heavy (non-hydrogen) atoms. The van der Waals surface area contributed by atoms with Gasteiger partial charge in [0.05, 0.1) is 7.11 Å². The fraction of sp³-hybridized carbons (Fsp3) is 0.571. The van der Waals surface area contributed by atoms with Crippen LogP contribution in [0.3, 0.4) is 0 Å². The van der Waals surface area contributed by atoms with E-state index in [0.717, 1.165) is 50.0 Å². The van der Waals surface area contributed by atoms with Crippen LogP contribution in [-0.4, -0.2) is 56.9 Å². The largest absolute Gasteiger partial charge is 0.493 e. The number of ether oxygens (including phenoxy) is 3. The Morgan fingerprint density at radius 2 is 1.95 bits per heavy atom. The molecule has 1 aromatic carbocycles. The molecule has 2 heterocycles. The number of fused-ring (bicyclic) bond motifs is 1. The molecule has 0 N–H and O–H groups in total. The van der Waals surface area contributed by atoms with Crippen LogP contribution in [0.5, 0.6) is 17.2 Å². The van der Waals surface area contributed by atoms with Gasteiger partial charge in [-0.1, -0.05) is 0 Å². The molecule has 1 fully saturated rings.